The van der Waals surface area contributed by atoms with Crippen molar-refractivity contribution in [2.24, 2.45) is 5.73 Å². The van der Waals surface area contributed by atoms with Crippen molar-refractivity contribution in [1.29, 1.82) is 0 Å². The van der Waals surface area contributed by atoms with Gasteiger partial charge in [-0.1, -0.05) is 0 Å². The van der Waals surface area contributed by atoms with E-state index < -0.39 is 0 Å². The highest BCUT2D eigenvalue weighted by Crippen LogP contribution is 1.72. The second-order valence-electron chi connectivity index (χ2n) is 1.75. The van der Waals surface area contributed by atoms with Crippen molar-refractivity contribution in [1.82, 2.24) is 10.6 Å². The molecule has 0 heterocycles. The van der Waals surface area contributed by atoms with E-state index in [0.717, 1.165) is 18.9 Å². The van der Waals surface area contributed by atoms with Gasteiger partial charge >= 0.3 is 0 Å². The van der Waals surface area contributed by atoms with Gasteiger partial charge in [0.15, 0.2) is 0 Å². The zero-order chi connectivity index (χ0) is 7.11. The normalized spacial score (nSPS) is 11.6. The SMILES string of the molecule is CCN/C(N)=C/CNC. The fourth-order valence-corrected chi connectivity index (χ4v) is 0.488. The summed E-state index contributed by atoms with van der Waals surface area (Å²) in [6.07, 6.45) is 1.91. The van der Waals surface area contributed by atoms with Gasteiger partial charge in [-0.05, 0) is 20.0 Å². The van der Waals surface area contributed by atoms with E-state index in [9.17, 15) is 0 Å². The summed E-state index contributed by atoms with van der Waals surface area (Å²) in [5.74, 6) is 0.742. The molecule has 9 heavy (non-hydrogen) atoms. The van der Waals surface area contributed by atoms with Gasteiger partial charge in [-0.3, -0.25) is 0 Å². The number of hydrogen-bond donors (Lipinski definition) is 3. The Kier molecular flexibility index (Phi) is 5.01. The van der Waals surface area contributed by atoms with Crippen molar-refractivity contribution in [2.45, 2.75) is 6.92 Å². The molecule has 0 saturated heterocycles. The maximum absolute atomic E-state index is 5.48. The molecule has 0 aliphatic heterocycles. The highest BCUT2D eigenvalue weighted by atomic mass is 15.0. The third-order valence-electron chi connectivity index (χ3n) is 0.907. The van der Waals surface area contributed by atoms with E-state index in [1.807, 2.05) is 20.0 Å². The van der Waals surface area contributed by atoms with Crippen LogP contribution in [0.2, 0.25) is 0 Å². The average Bonchev–Trinajstić information content (AvgIpc) is 1.85. The van der Waals surface area contributed by atoms with E-state index in [0.29, 0.717) is 0 Å². The van der Waals surface area contributed by atoms with E-state index in [1.165, 1.54) is 0 Å². The average molecular weight is 129 g/mol. The van der Waals surface area contributed by atoms with E-state index in [1.54, 1.807) is 0 Å². The number of rotatable bonds is 4. The maximum Gasteiger partial charge on any atom is 0.0931 e. The minimum atomic E-state index is 0.742. The number of nitrogens with one attached hydrogen (secondary N) is 2. The van der Waals surface area contributed by atoms with Gasteiger partial charge in [-0.15, -0.1) is 0 Å². The van der Waals surface area contributed by atoms with Crippen LogP contribution in [0.3, 0.4) is 0 Å². The monoisotopic (exact) mass is 129 g/mol. The Hall–Kier alpha value is -0.700. The molecule has 0 bridgehead atoms. The van der Waals surface area contributed by atoms with Crippen LogP contribution in [0, 0.1) is 0 Å². The lowest BCUT2D eigenvalue weighted by molar-refractivity contribution is 0.818. The Labute approximate surface area is 56.3 Å². The van der Waals surface area contributed by atoms with Crippen LogP contribution in [0.15, 0.2) is 11.9 Å². The molecule has 54 valence electrons. The summed E-state index contributed by atoms with van der Waals surface area (Å²) in [6, 6.07) is 0. The molecule has 0 radical (unpaired) electrons. The second kappa shape index (κ2) is 5.44. The summed E-state index contributed by atoms with van der Waals surface area (Å²) < 4.78 is 0. The molecule has 0 unspecified atom stereocenters. The third kappa shape index (κ3) is 5.17. The highest BCUT2D eigenvalue weighted by Gasteiger charge is 1.81. The molecule has 0 amide bonds. The lowest BCUT2D eigenvalue weighted by Gasteiger charge is -2.00. The molecular weight excluding hydrogens is 114 g/mol. The van der Waals surface area contributed by atoms with Crippen LogP contribution in [0.25, 0.3) is 0 Å². The van der Waals surface area contributed by atoms with Gasteiger partial charge in [-0.2, -0.15) is 0 Å². The van der Waals surface area contributed by atoms with Crippen LogP contribution in [0.5, 0.6) is 0 Å². The topological polar surface area (TPSA) is 50.1 Å². The van der Waals surface area contributed by atoms with Crippen molar-refractivity contribution in [3.05, 3.63) is 11.9 Å². The van der Waals surface area contributed by atoms with Crippen molar-refractivity contribution < 1.29 is 0 Å². The van der Waals surface area contributed by atoms with Crippen molar-refractivity contribution in [2.75, 3.05) is 20.1 Å². The first-order valence-corrected chi connectivity index (χ1v) is 3.15. The number of nitrogens with two attached hydrogens (primary N) is 1. The molecule has 0 aromatic heterocycles. The first kappa shape index (κ1) is 8.30. The van der Waals surface area contributed by atoms with Crippen LogP contribution < -0.4 is 16.4 Å². The van der Waals surface area contributed by atoms with Crippen molar-refractivity contribution in [3.63, 3.8) is 0 Å². The molecular formula is C6H15N3. The first-order valence-electron chi connectivity index (χ1n) is 3.15. The quantitative estimate of drug-likeness (QED) is 0.485. The zero-order valence-electron chi connectivity index (χ0n) is 6.07. The van der Waals surface area contributed by atoms with Crippen molar-refractivity contribution >= 4 is 0 Å². The summed E-state index contributed by atoms with van der Waals surface area (Å²) in [4.78, 5) is 0. The van der Waals surface area contributed by atoms with Gasteiger partial charge in [0.1, 0.15) is 0 Å². The minimum absolute atomic E-state index is 0.742. The molecule has 3 nitrogen and oxygen atoms in total. The van der Waals surface area contributed by atoms with Gasteiger partial charge in [0.05, 0.1) is 5.82 Å². The van der Waals surface area contributed by atoms with Crippen LogP contribution >= 0.6 is 0 Å². The van der Waals surface area contributed by atoms with Crippen molar-refractivity contribution in [3.8, 4) is 0 Å². The number of hydrogen-bond acceptors (Lipinski definition) is 3. The lowest BCUT2D eigenvalue weighted by Crippen LogP contribution is -2.21. The zero-order valence-corrected chi connectivity index (χ0v) is 6.07. The summed E-state index contributed by atoms with van der Waals surface area (Å²) in [6.45, 7) is 3.71. The molecule has 0 spiro atoms. The minimum Gasteiger partial charge on any atom is -0.386 e. The Bertz CT molecular complexity index is 88.3. The molecule has 0 fully saturated rings. The standard InChI is InChI=1S/C6H15N3/c1-3-9-6(7)4-5-8-2/h4,8-9H,3,5,7H2,1-2H3/b6-4+. The van der Waals surface area contributed by atoms with Crippen LogP contribution in [0.4, 0.5) is 0 Å². The Balaban J connectivity index is 3.30. The molecule has 0 aromatic carbocycles. The summed E-state index contributed by atoms with van der Waals surface area (Å²) in [5.41, 5.74) is 5.48. The molecule has 0 aliphatic carbocycles. The molecule has 0 aromatic rings. The fourth-order valence-electron chi connectivity index (χ4n) is 0.488. The molecule has 0 saturated carbocycles. The van der Waals surface area contributed by atoms with Crippen LogP contribution in [0.1, 0.15) is 6.92 Å². The van der Waals surface area contributed by atoms with E-state index in [2.05, 4.69) is 10.6 Å². The molecule has 4 N–H and O–H groups in total. The lowest BCUT2D eigenvalue weighted by atomic mass is 10.5. The predicted octanol–water partition coefficient (Wildman–Crippen LogP) is -0.385. The molecule has 0 rings (SSSR count). The molecule has 3 heteroatoms. The maximum atomic E-state index is 5.48. The smallest absolute Gasteiger partial charge is 0.0931 e. The summed E-state index contributed by atoms with van der Waals surface area (Å²) in [7, 11) is 1.88. The van der Waals surface area contributed by atoms with Gasteiger partial charge in [0.25, 0.3) is 0 Å². The van der Waals surface area contributed by atoms with Gasteiger partial charge in [0.2, 0.25) is 0 Å². The molecule has 0 aliphatic rings. The second-order valence-corrected chi connectivity index (χ2v) is 1.75. The number of likely N-dealkylation sites (N-methyl/N-ethyl adjacent to an activating group) is 1. The van der Waals surface area contributed by atoms with E-state index in [-0.39, 0.29) is 0 Å². The molecule has 0 atom stereocenters. The van der Waals surface area contributed by atoms with Gasteiger partial charge in [0, 0.05) is 13.1 Å². The van der Waals surface area contributed by atoms with E-state index >= 15 is 0 Å². The Morgan fingerprint density at radius 2 is 2.33 bits per heavy atom. The highest BCUT2D eigenvalue weighted by molar-refractivity contribution is 4.94. The van der Waals surface area contributed by atoms with Crippen LogP contribution in [-0.4, -0.2) is 20.1 Å². The summed E-state index contributed by atoms with van der Waals surface area (Å²) in [5, 5.41) is 5.94. The van der Waals surface area contributed by atoms with Gasteiger partial charge < -0.3 is 16.4 Å². The van der Waals surface area contributed by atoms with Gasteiger partial charge in [-0.25, -0.2) is 0 Å². The summed E-state index contributed by atoms with van der Waals surface area (Å²) >= 11 is 0. The fraction of sp³-hybridized carbons (Fsp3) is 0.667. The largest absolute Gasteiger partial charge is 0.386 e. The third-order valence-corrected chi connectivity index (χ3v) is 0.907. The Morgan fingerprint density at radius 3 is 2.78 bits per heavy atom. The van der Waals surface area contributed by atoms with Crippen LogP contribution in [-0.2, 0) is 0 Å². The Morgan fingerprint density at radius 1 is 1.67 bits per heavy atom. The van der Waals surface area contributed by atoms with E-state index in [4.69, 9.17) is 5.73 Å². The first-order chi connectivity index (χ1) is 4.31. The predicted molar refractivity (Wildman–Crippen MR) is 39.9 cm³/mol.